The summed E-state index contributed by atoms with van der Waals surface area (Å²) in [6.07, 6.45) is 7.33. The fraction of sp³-hybridized carbons (Fsp3) is 0.250. The van der Waals surface area contributed by atoms with Gasteiger partial charge in [0.1, 0.15) is 0 Å². The average molecular weight is 387 g/mol. The first-order chi connectivity index (χ1) is 14.2. The van der Waals surface area contributed by atoms with Gasteiger partial charge in [-0.25, -0.2) is 5.01 Å². The lowest BCUT2D eigenvalue weighted by molar-refractivity contribution is -0.125. The van der Waals surface area contributed by atoms with Crippen LogP contribution in [0.4, 0.5) is 0 Å². The third kappa shape index (κ3) is 4.15. The van der Waals surface area contributed by atoms with Crippen LogP contribution in [0.25, 0.3) is 28.1 Å². The summed E-state index contributed by atoms with van der Waals surface area (Å²) in [5, 5.41) is 15.7. The van der Waals surface area contributed by atoms with E-state index in [-0.39, 0.29) is 12.5 Å². The monoisotopic (exact) mass is 387 g/mol. The van der Waals surface area contributed by atoms with E-state index in [1.165, 1.54) is 16.1 Å². The van der Waals surface area contributed by atoms with E-state index >= 15 is 0 Å². The molecule has 2 aliphatic carbocycles. The molecule has 0 saturated carbocycles. The van der Waals surface area contributed by atoms with Crippen molar-refractivity contribution in [2.45, 2.75) is 26.3 Å². The number of aliphatic hydroxyl groups is 1. The number of hydrazone groups is 1. The molecule has 0 atom stereocenters. The van der Waals surface area contributed by atoms with Crippen LogP contribution in [0.2, 0.25) is 0 Å². The molecule has 5 nitrogen and oxygen atoms in total. The summed E-state index contributed by atoms with van der Waals surface area (Å²) in [5.41, 5.74) is 5.64. The van der Waals surface area contributed by atoms with Gasteiger partial charge in [0, 0.05) is 42.4 Å². The standard InChI is InChI=1S/C18H21N3O2.C6H4/c1-2-21-18(23)14(12-19-21)11-15-13-20(9-5-6-10-22)17-8-4-3-7-16(15)17;1-2-5-4-6(5)3-1/h3-4,7-8,11-13,22H,2,5-6,9-10H2,1H3;1-4H. The zero-order valence-electron chi connectivity index (χ0n) is 16.6. The molecule has 1 aromatic carbocycles. The van der Waals surface area contributed by atoms with Gasteiger partial charge in [0.15, 0.2) is 0 Å². The Bertz CT molecular complexity index is 1080. The van der Waals surface area contributed by atoms with Gasteiger partial charge < -0.3 is 9.67 Å². The molecule has 0 radical (unpaired) electrons. The number of aliphatic hydroxyl groups excluding tert-OH is 1. The number of hydrogen-bond acceptors (Lipinski definition) is 3. The van der Waals surface area contributed by atoms with Gasteiger partial charge in [0.05, 0.1) is 11.8 Å². The molecule has 0 unspecified atom stereocenters. The van der Waals surface area contributed by atoms with E-state index in [9.17, 15) is 4.79 Å². The van der Waals surface area contributed by atoms with E-state index < -0.39 is 0 Å². The van der Waals surface area contributed by atoms with E-state index in [0.29, 0.717) is 12.1 Å². The van der Waals surface area contributed by atoms with E-state index in [0.717, 1.165) is 35.9 Å². The Morgan fingerprint density at radius 1 is 1.07 bits per heavy atom. The van der Waals surface area contributed by atoms with Gasteiger partial charge in [0.2, 0.25) is 0 Å². The van der Waals surface area contributed by atoms with Crippen molar-refractivity contribution >= 4 is 29.1 Å². The minimum Gasteiger partial charge on any atom is -0.396 e. The lowest BCUT2D eigenvalue weighted by Crippen LogP contribution is -2.21. The van der Waals surface area contributed by atoms with Crippen LogP contribution in [0.5, 0.6) is 0 Å². The Kier molecular flexibility index (Phi) is 5.58. The highest BCUT2D eigenvalue weighted by Gasteiger charge is 2.21. The van der Waals surface area contributed by atoms with Crippen LogP contribution in [0, 0.1) is 0 Å². The second-order valence-electron chi connectivity index (χ2n) is 7.17. The van der Waals surface area contributed by atoms with Crippen LogP contribution in [-0.2, 0) is 11.3 Å². The number of carbonyl (C=O) groups excluding carboxylic acids is 1. The Morgan fingerprint density at radius 3 is 2.48 bits per heavy atom. The minimum atomic E-state index is -0.0513. The van der Waals surface area contributed by atoms with Crippen LogP contribution in [0.15, 0.2) is 65.4 Å². The lowest BCUT2D eigenvalue weighted by atomic mass is 10.1. The molecule has 0 fully saturated rings. The van der Waals surface area contributed by atoms with Crippen molar-refractivity contribution < 1.29 is 9.90 Å². The number of unbranched alkanes of at least 4 members (excludes halogenated alkanes) is 1. The molecule has 29 heavy (non-hydrogen) atoms. The van der Waals surface area contributed by atoms with Gasteiger partial charge in [0.25, 0.3) is 5.91 Å². The van der Waals surface area contributed by atoms with Crippen LogP contribution in [0.3, 0.4) is 0 Å². The molecule has 1 amide bonds. The molecule has 0 spiro atoms. The Hall–Kier alpha value is -3.18. The van der Waals surface area contributed by atoms with E-state index in [1.807, 2.05) is 25.1 Å². The van der Waals surface area contributed by atoms with Crippen molar-refractivity contribution in [2.75, 3.05) is 13.2 Å². The Labute approximate surface area is 170 Å². The molecule has 1 aromatic heterocycles. The van der Waals surface area contributed by atoms with Gasteiger partial charge >= 0.3 is 0 Å². The van der Waals surface area contributed by atoms with Crippen molar-refractivity contribution in [3.63, 3.8) is 0 Å². The largest absolute Gasteiger partial charge is 0.396 e. The van der Waals surface area contributed by atoms with Crippen molar-refractivity contribution in [3.8, 4) is 11.1 Å². The summed E-state index contributed by atoms with van der Waals surface area (Å²) in [4.78, 5) is 12.2. The second-order valence-corrected chi connectivity index (χ2v) is 7.17. The third-order valence-corrected chi connectivity index (χ3v) is 5.17. The zero-order chi connectivity index (χ0) is 20.2. The first-order valence-electron chi connectivity index (χ1n) is 10.1. The predicted molar refractivity (Wildman–Crippen MR) is 118 cm³/mol. The molecule has 0 bridgehead atoms. The normalized spacial score (nSPS) is 15.2. The second kappa shape index (κ2) is 8.45. The maximum atomic E-state index is 12.2. The van der Waals surface area contributed by atoms with Crippen LogP contribution in [-0.4, -0.2) is 40.0 Å². The topological polar surface area (TPSA) is 57.8 Å². The quantitative estimate of drug-likeness (QED) is 0.396. The smallest absolute Gasteiger partial charge is 0.275 e. The summed E-state index contributed by atoms with van der Waals surface area (Å²) in [6.45, 7) is 3.56. The lowest BCUT2D eigenvalue weighted by Gasteiger charge is -2.06. The third-order valence-electron chi connectivity index (χ3n) is 5.17. The molecular weight excluding hydrogens is 362 g/mol. The minimum absolute atomic E-state index is 0.0513. The molecule has 2 heterocycles. The van der Waals surface area contributed by atoms with Crippen molar-refractivity contribution in [1.29, 1.82) is 0 Å². The summed E-state index contributed by atoms with van der Waals surface area (Å²) in [7, 11) is 0. The van der Waals surface area contributed by atoms with Gasteiger partial charge in [-0.3, -0.25) is 4.79 Å². The Morgan fingerprint density at radius 2 is 1.86 bits per heavy atom. The number of rotatable bonds is 6. The van der Waals surface area contributed by atoms with E-state index in [2.05, 4.69) is 52.3 Å². The van der Waals surface area contributed by atoms with E-state index in [1.54, 1.807) is 6.21 Å². The fourth-order valence-electron chi connectivity index (χ4n) is 3.53. The number of para-hydroxylation sites is 1. The van der Waals surface area contributed by atoms with Gasteiger partial charge in [-0.05, 0) is 49.1 Å². The summed E-state index contributed by atoms with van der Waals surface area (Å²) < 4.78 is 2.19. The highest BCUT2D eigenvalue weighted by molar-refractivity contribution is 6.19. The van der Waals surface area contributed by atoms with Crippen molar-refractivity contribution in [2.24, 2.45) is 5.10 Å². The number of benzene rings is 2. The summed E-state index contributed by atoms with van der Waals surface area (Å²) >= 11 is 0. The number of likely N-dealkylation sites (N-methyl/N-ethyl adjacent to an activating group) is 1. The number of aryl methyl sites for hydroxylation is 1. The van der Waals surface area contributed by atoms with Gasteiger partial charge in [-0.1, -0.05) is 36.4 Å². The maximum Gasteiger partial charge on any atom is 0.275 e. The SMILES string of the molecule is CCN1N=CC(=Cc2cn(CCCCO)c3ccccc23)C1=O.c1cc2cc-2c1. The molecule has 5 heteroatoms. The predicted octanol–water partition coefficient (Wildman–Crippen LogP) is 4.31. The van der Waals surface area contributed by atoms with Gasteiger partial charge in [-0.15, -0.1) is 0 Å². The molecule has 0 saturated heterocycles. The van der Waals surface area contributed by atoms with Gasteiger partial charge in [-0.2, -0.15) is 5.10 Å². The molecule has 2 aromatic rings. The number of carbonyl (C=O) groups is 1. The Balaban J connectivity index is 0.000000286. The van der Waals surface area contributed by atoms with Crippen LogP contribution in [0.1, 0.15) is 25.3 Å². The highest BCUT2D eigenvalue weighted by atomic mass is 16.3. The summed E-state index contributed by atoms with van der Waals surface area (Å²) in [5.74, 6) is -0.0513. The number of hydrogen-bond donors (Lipinski definition) is 1. The molecule has 3 aliphatic rings. The first-order valence-corrected chi connectivity index (χ1v) is 10.1. The fourth-order valence-corrected chi connectivity index (χ4v) is 3.53. The number of aromatic nitrogens is 1. The zero-order valence-corrected chi connectivity index (χ0v) is 16.6. The van der Waals surface area contributed by atoms with Crippen LogP contribution >= 0.6 is 0 Å². The molecule has 1 aliphatic heterocycles. The molecular formula is C24H25N3O2. The highest BCUT2D eigenvalue weighted by Crippen LogP contribution is 2.32. The van der Waals surface area contributed by atoms with E-state index in [4.69, 9.17) is 5.11 Å². The first kappa shape index (κ1) is 19.2. The van der Waals surface area contributed by atoms with Crippen LogP contribution < -0.4 is 0 Å². The molecule has 1 N–H and O–H groups in total. The summed E-state index contributed by atoms with van der Waals surface area (Å²) in [6, 6.07) is 16.7. The number of nitrogens with zero attached hydrogens (tertiary/aromatic N) is 3. The molecule has 5 rings (SSSR count). The number of amides is 1. The van der Waals surface area contributed by atoms with Crippen molar-refractivity contribution in [1.82, 2.24) is 9.58 Å². The average Bonchev–Trinajstić information content (AvgIpc) is 3.05. The molecule has 148 valence electrons. The maximum absolute atomic E-state index is 12.2. The number of fused-ring (bicyclic) bond motifs is 2. The van der Waals surface area contributed by atoms with Crippen molar-refractivity contribution in [3.05, 3.63) is 65.9 Å².